The minimum Gasteiger partial charge on any atom is -0.453 e. The Kier molecular flexibility index (Phi) is 7.88. The van der Waals surface area contributed by atoms with Gasteiger partial charge in [-0.15, -0.1) is 0 Å². The van der Waals surface area contributed by atoms with E-state index >= 15 is 0 Å². The topological polar surface area (TPSA) is 65.0 Å². The number of rotatable bonds is 6. The lowest BCUT2D eigenvalue weighted by Gasteiger charge is -2.47. The number of ether oxygens (including phenoxy) is 2. The molecule has 0 aliphatic carbocycles. The highest BCUT2D eigenvalue weighted by atomic mass is 32.2. The maximum Gasteiger partial charge on any atom is 0.338 e. The normalized spacial score (nSPS) is 26.5. The third kappa shape index (κ3) is 5.83. The Morgan fingerprint density at radius 3 is 2.12 bits per heavy atom. The van der Waals surface area contributed by atoms with Crippen molar-refractivity contribution in [1.29, 1.82) is 0 Å². The van der Waals surface area contributed by atoms with Crippen molar-refractivity contribution in [3.63, 3.8) is 0 Å². The first-order valence-corrected chi connectivity index (χ1v) is 14.8. The van der Waals surface area contributed by atoms with Crippen molar-refractivity contribution in [3.8, 4) is 0 Å². The Bertz CT molecular complexity index is 884. The van der Waals surface area contributed by atoms with E-state index in [2.05, 4.69) is 33.9 Å². The van der Waals surface area contributed by atoms with Crippen molar-refractivity contribution in [2.45, 2.75) is 80.6 Å². The molecule has 3 rings (SSSR count). The summed E-state index contributed by atoms with van der Waals surface area (Å²) in [5.41, 5.74) is -0.141. The van der Waals surface area contributed by atoms with Crippen LogP contribution in [-0.2, 0) is 13.9 Å². The molecule has 7 heteroatoms. The maximum atomic E-state index is 12.9. The van der Waals surface area contributed by atoms with Gasteiger partial charge in [-0.2, -0.15) is 0 Å². The van der Waals surface area contributed by atoms with Crippen molar-refractivity contribution in [3.05, 3.63) is 66.2 Å². The average Bonchev–Trinajstić information content (AvgIpc) is 2.74. The Morgan fingerprint density at radius 1 is 1.00 bits per heavy atom. The zero-order valence-electron chi connectivity index (χ0n) is 19.6. The highest BCUT2D eigenvalue weighted by Crippen LogP contribution is 2.41. The molecule has 0 unspecified atom stereocenters. The van der Waals surface area contributed by atoms with E-state index in [9.17, 15) is 9.90 Å². The largest absolute Gasteiger partial charge is 0.453 e. The second-order valence-corrected chi connectivity index (χ2v) is 15.6. The fourth-order valence-electron chi connectivity index (χ4n) is 3.30. The van der Waals surface area contributed by atoms with Crippen molar-refractivity contribution in [1.82, 2.24) is 0 Å². The first kappa shape index (κ1) is 25.0. The van der Waals surface area contributed by atoms with Gasteiger partial charge >= 0.3 is 5.97 Å². The molecule has 1 aliphatic rings. The second-order valence-electron chi connectivity index (χ2n) is 9.71. The van der Waals surface area contributed by atoms with Gasteiger partial charge in [-0.3, -0.25) is 0 Å². The molecule has 0 saturated carbocycles. The molecule has 1 heterocycles. The molecule has 5 nitrogen and oxygen atoms in total. The number of hydrogen-bond acceptors (Lipinski definition) is 6. The van der Waals surface area contributed by atoms with E-state index in [1.54, 1.807) is 24.3 Å². The van der Waals surface area contributed by atoms with Crippen LogP contribution in [0.15, 0.2) is 65.6 Å². The first-order chi connectivity index (χ1) is 15.0. The van der Waals surface area contributed by atoms with Crippen LogP contribution in [0.25, 0.3) is 0 Å². The molecule has 174 valence electrons. The van der Waals surface area contributed by atoms with Crippen LogP contribution >= 0.6 is 11.8 Å². The van der Waals surface area contributed by atoms with Gasteiger partial charge < -0.3 is 19.0 Å². The minimum absolute atomic E-state index is 0.0404. The summed E-state index contributed by atoms with van der Waals surface area (Å²) < 4.78 is 18.8. The molecule has 32 heavy (non-hydrogen) atoms. The lowest BCUT2D eigenvalue weighted by Crippen LogP contribution is -2.61. The van der Waals surface area contributed by atoms with E-state index in [1.807, 2.05) is 43.3 Å². The second kappa shape index (κ2) is 10.1. The maximum absolute atomic E-state index is 12.9. The predicted octanol–water partition coefficient (Wildman–Crippen LogP) is 5.50. The third-order valence-electron chi connectivity index (χ3n) is 6.24. The number of hydrogen-bond donors (Lipinski definition) is 1. The lowest BCUT2D eigenvalue weighted by molar-refractivity contribution is -0.188. The molecule has 0 amide bonds. The van der Waals surface area contributed by atoms with Crippen molar-refractivity contribution >= 4 is 26.0 Å². The van der Waals surface area contributed by atoms with Gasteiger partial charge in [-0.05, 0) is 49.3 Å². The SMILES string of the molecule is C[C@@H]1O[C@@H](Sc2ccccc2)[C@@H](O)[C@H](OC(=O)c2ccccc2)[C@H]1O[Si](C)(C)C(C)(C)C. The van der Waals surface area contributed by atoms with Gasteiger partial charge in [0.1, 0.15) is 17.6 Å². The van der Waals surface area contributed by atoms with E-state index in [0.717, 1.165) is 4.90 Å². The van der Waals surface area contributed by atoms with Crippen LogP contribution < -0.4 is 0 Å². The standard InChI is InChI=1S/C25H34O5SSi/c1-17-21(30-32(5,6)25(2,3)4)22(29-23(27)18-13-9-7-10-14-18)20(26)24(28-17)31-19-15-11-8-12-16-19/h7-17,20-22,24,26H,1-6H3/t17-,20-,21-,22-,24-/m0/s1. The van der Waals surface area contributed by atoms with E-state index in [0.29, 0.717) is 5.56 Å². The zero-order valence-corrected chi connectivity index (χ0v) is 21.5. The van der Waals surface area contributed by atoms with Crippen LogP contribution in [0.5, 0.6) is 0 Å². The van der Waals surface area contributed by atoms with Gasteiger partial charge in [-0.25, -0.2) is 4.79 Å². The molecule has 2 aromatic carbocycles. The van der Waals surface area contributed by atoms with Gasteiger partial charge in [0.2, 0.25) is 0 Å². The van der Waals surface area contributed by atoms with E-state index in [1.165, 1.54) is 11.8 Å². The third-order valence-corrected chi connectivity index (χ3v) is 11.9. The van der Waals surface area contributed by atoms with Crippen LogP contribution in [0.4, 0.5) is 0 Å². The summed E-state index contributed by atoms with van der Waals surface area (Å²) in [6.07, 6.45) is -2.81. The number of aliphatic hydroxyl groups is 1. The zero-order chi connectivity index (χ0) is 23.5. The quantitative estimate of drug-likeness (QED) is 0.440. The van der Waals surface area contributed by atoms with Crippen molar-refractivity contribution in [2.75, 3.05) is 0 Å². The molecule has 1 fully saturated rings. The van der Waals surface area contributed by atoms with Crippen LogP contribution in [0.3, 0.4) is 0 Å². The summed E-state index contributed by atoms with van der Waals surface area (Å²) in [7, 11) is -2.22. The smallest absolute Gasteiger partial charge is 0.338 e. The van der Waals surface area contributed by atoms with Gasteiger partial charge in [0.05, 0.1) is 11.7 Å². The molecule has 0 radical (unpaired) electrons. The lowest BCUT2D eigenvalue weighted by atomic mass is 10.0. The average molecular weight is 475 g/mol. The van der Waals surface area contributed by atoms with E-state index in [-0.39, 0.29) is 11.1 Å². The van der Waals surface area contributed by atoms with Gasteiger partial charge in [0, 0.05) is 4.90 Å². The van der Waals surface area contributed by atoms with Crippen LogP contribution in [-0.4, -0.2) is 49.2 Å². The Labute approximate surface area is 196 Å². The van der Waals surface area contributed by atoms with Gasteiger partial charge in [-0.1, -0.05) is 68.9 Å². The molecule has 5 atom stereocenters. The predicted molar refractivity (Wildman–Crippen MR) is 130 cm³/mol. The highest BCUT2D eigenvalue weighted by molar-refractivity contribution is 7.99. The Morgan fingerprint density at radius 2 is 1.56 bits per heavy atom. The van der Waals surface area contributed by atoms with Crippen LogP contribution in [0.2, 0.25) is 18.1 Å². The molecule has 1 aliphatic heterocycles. The van der Waals surface area contributed by atoms with E-state index < -0.39 is 38.0 Å². The number of thioether (sulfide) groups is 1. The number of benzene rings is 2. The molecule has 0 aromatic heterocycles. The first-order valence-electron chi connectivity index (χ1n) is 11.0. The molecule has 1 saturated heterocycles. The number of carbonyl (C=O) groups excluding carboxylic acids is 1. The number of carbonyl (C=O) groups is 1. The molecular weight excluding hydrogens is 440 g/mol. The summed E-state index contributed by atoms with van der Waals surface area (Å²) in [6, 6.07) is 18.6. The Hall–Kier alpha value is -1.64. The fourth-order valence-corrected chi connectivity index (χ4v) is 5.77. The fraction of sp³-hybridized carbons (Fsp3) is 0.480. The molecule has 2 aromatic rings. The number of aliphatic hydroxyl groups excluding tert-OH is 1. The summed E-state index contributed by atoms with van der Waals surface area (Å²) >= 11 is 1.42. The summed E-state index contributed by atoms with van der Waals surface area (Å²) in [4.78, 5) is 13.9. The molecule has 0 spiro atoms. The highest BCUT2D eigenvalue weighted by Gasteiger charge is 2.50. The van der Waals surface area contributed by atoms with E-state index in [4.69, 9.17) is 13.9 Å². The Balaban J connectivity index is 1.88. The molecule has 0 bridgehead atoms. The summed E-state index contributed by atoms with van der Waals surface area (Å²) in [6.45, 7) is 12.7. The summed E-state index contributed by atoms with van der Waals surface area (Å²) in [5, 5.41) is 11.2. The van der Waals surface area contributed by atoms with Crippen LogP contribution in [0, 0.1) is 0 Å². The van der Waals surface area contributed by atoms with Crippen molar-refractivity contribution < 1.29 is 23.8 Å². The molecular formula is C25H34O5SSi. The summed E-state index contributed by atoms with van der Waals surface area (Å²) in [5.74, 6) is -0.476. The number of esters is 1. The van der Waals surface area contributed by atoms with Gasteiger partial charge in [0.15, 0.2) is 14.4 Å². The molecule has 1 N–H and O–H groups in total. The monoisotopic (exact) mass is 474 g/mol. The van der Waals surface area contributed by atoms with Crippen LogP contribution in [0.1, 0.15) is 38.1 Å². The minimum atomic E-state index is -2.22. The van der Waals surface area contributed by atoms with Gasteiger partial charge in [0.25, 0.3) is 0 Å². The van der Waals surface area contributed by atoms with Crippen molar-refractivity contribution in [2.24, 2.45) is 0 Å².